The second-order valence-corrected chi connectivity index (χ2v) is 14.9. The number of hydrogen-bond acceptors (Lipinski definition) is 4. The van der Waals surface area contributed by atoms with Gasteiger partial charge >= 0.3 is 5.97 Å². The monoisotopic (exact) mass is 570 g/mol. The van der Waals surface area contributed by atoms with E-state index in [9.17, 15) is 14.7 Å². The highest BCUT2D eigenvalue weighted by Gasteiger charge is 2.60. The van der Waals surface area contributed by atoms with Crippen molar-refractivity contribution in [3.05, 3.63) is 11.6 Å². The molecule has 7 atom stereocenters. The maximum absolute atomic E-state index is 12.7. The van der Waals surface area contributed by atoms with E-state index >= 15 is 0 Å². The van der Waals surface area contributed by atoms with E-state index in [1.54, 1.807) is 0 Å². The van der Waals surface area contributed by atoms with Crippen LogP contribution in [-0.2, 0) is 14.3 Å². The van der Waals surface area contributed by atoms with Crippen molar-refractivity contribution in [3.8, 4) is 0 Å². The van der Waals surface area contributed by atoms with Crippen LogP contribution in [0.1, 0.15) is 168 Å². The average molecular weight is 571 g/mol. The third kappa shape index (κ3) is 8.07. The van der Waals surface area contributed by atoms with Gasteiger partial charge in [0.25, 0.3) is 0 Å². The van der Waals surface area contributed by atoms with Crippen LogP contribution in [0.4, 0.5) is 0 Å². The molecule has 0 heterocycles. The molecule has 0 bridgehead atoms. The molecule has 234 valence electrons. The first-order valence-electron chi connectivity index (χ1n) is 17.9. The molecule has 4 aliphatic carbocycles. The van der Waals surface area contributed by atoms with Crippen molar-refractivity contribution in [2.75, 3.05) is 0 Å². The summed E-state index contributed by atoms with van der Waals surface area (Å²) < 4.78 is 5.97. The van der Waals surface area contributed by atoms with Gasteiger partial charge < -0.3 is 9.84 Å². The van der Waals surface area contributed by atoms with E-state index in [0.29, 0.717) is 30.5 Å². The standard InChI is InChI=1S/C37H62O4/c1-4-5-6-7-8-9-10-11-12-13-14-15-16-17-18-19-34(40)41-29-22-24-36(2)28(26-29)27-32(38)35-30-20-21-33(39)37(30,3)25-23-31(35)36/h27,29-32,35,38H,4-26H2,1-3H3/t29-,30-,31-,32?,35-,36-,37-/m0/s1. The summed E-state index contributed by atoms with van der Waals surface area (Å²) in [6.07, 6.45) is 28.3. The summed E-state index contributed by atoms with van der Waals surface area (Å²) in [5.41, 5.74) is 1.13. The normalized spacial score (nSPS) is 34.5. The molecule has 1 unspecified atom stereocenters. The summed E-state index contributed by atoms with van der Waals surface area (Å²) in [5.74, 6) is 1.30. The lowest BCUT2D eigenvalue weighted by Gasteiger charge is -2.58. The summed E-state index contributed by atoms with van der Waals surface area (Å²) in [5, 5.41) is 11.3. The number of carbonyl (C=O) groups is 2. The fourth-order valence-corrected chi connectivity index (χ4v) is 9.37. The summed E-state index contributed by atoms with van der Waals surface area (Å²) in [7, 11) is 0. The van der Waals surface area contributed by atoms with E-state index in [-0.39, 0.29) is 28.8 Å². The molecule has 0 spiro atoms. The Labute approximate surface area is 251 Å². The third-order valence-corrected chi connectivity index (χ3v) is 12.1. The van der Waals surface area contributed by atoms with Gasteiger partial charge in [-0.1, -0.05) is 122 Å². The van der Waals surface area contributed by atoms with E-state index in [4.69, 9.17) is 4.74 Å². The Bertz CT molecular complexity index is 878. The van der Waals surface area contributed by atoms with Gasteiger partial charge in [-0.15, -0.1) is 0 Å². The van der Waals surface area contributed by atoms with Crippen LogP contribution in [0, 0.1) is 28.6 Å². The Morgan fingerprint density at radius 1 is 0.805 bits per heavy atom. The van der Waals surface area contributed by atoms with E-state index in [1.807, 2.05) is 0 Å². The lowest BCUT2D eigenvalue weighted by atomic mass is 9.47. The van der Waals surface area contributed by atoms with Crippen molar-refractivity contribution in [2.45, 2.75) is 181 Å². The summed E-state index contributed by atoms with van der Waals surface area (Å²) in [6.45, 7) is 6.82. The van der Waals surface area contributed by atoms with Crippen molar-refractivity contribution < 1.29 is 19.4 Å². The number of Topliss-reactive ketones (excluding diaryl/α,β-unsaturated/α-hetero) is 1. The third-order valence-electron chi connectivity index (χ3n) is 12.1. The molecule has 0 aromatic heterocycles. The maximum atomic E-state index is 12.7. The van der Waals surface area contributed by atoms with Crippen LogP contribution in [0.25, 0.3) is 0 Å². The Hall–Kier alpha value is -1.16. The topological polar surface area (TPSA) is 63.6 Å². The minimum atomic E-state index is -0.478. The highest BCUT2D eigenvalue weighted by atomic mass is 16.5. The first-order valence-corrected chi connectivity index (χ1v) is 17.9. The second-order valence-electron chi connectivity index (χ2n) is 14.9. The van der Waals surface area contributed by atoms with Gasteiger partial charge in [-0.05, 0) is 61.7 Å². The van der Waals surface area contributed by atoms with Crippen molar-refractivity contribution >= 4 is 11.8 Å². The molecule has 0 saturated heterocycles. The predicted molar refractivity (Wildman–Crippen MR) is 168 cm³/mol. The Balaban J connectivity index is 1.08. The zero-order valence-electron chi connectivity index (χ0n) is 26.9. The Morgan fingerprint density at radius 3 is 1.95 bits per heavy atom. The average Bonchev–Trinajstić information content (AvgIpc) is 3.25. The SMILES string of the molecule is CCCCCCCCCCCCCCCCCC(=O)O[C@H]1CC[C@@]2(C)C(=CC(O)[C@@H]3[C@@H]2CC[C@]2(C)C(=O)CC[C@@H]32)C1. The molecule has 1 N–H and O–H groups in total. The number of unbranched alkanes of at least 4 members (excludes halogenated alkanes) is 14. The number of ketones is 1. The van der Waals surface area contributed by atoms with E-state index in [0.717, 1.165) is 51.4 Å². The van der Waals surface area contributed by atoms with Crippen molar-refractivity contribution in [1.82, 2.24) is 0 Å². The zero-order chi connectivity index (χ0) is 29.3. The van der Waals surface area contributed by atoms with Crippen LogP contribution < -0.4 is 0 Å². The van der Waals surface area contributed by atoms with Crippen LogP contribution in [0.3, 0.4) is 0 Å². The van der Waals surface area contributed by atoms with Gasteiger partial charge in [-0.25, -0.2) is 0 Å². The van der Waals surface area contributed by atoms with E-state index in [2.05, 4.69) is 26.8 Å². The highest BCUT2D eigenvalue weighted by Crippen LogP contribution is 2.64. The molecule has 4 nitrogen and oxygen atoms in total. The maximum Gasteiger partial charge on any atom is 0.306 e. The minimum absolute atomic E-state index is 0.0407. The number of aliphatic hydroxyl groups excluding tert-OH is 1. The van der Waals surface area contributed by atoms with Crippen LogP contribution >= 0.6 is 0 Å². The second kappa shape index (κ2) is 15.5. The van der Waals surface area contributed by atoms with E-state index in [1.165, 1.54) is 89.0 Å². The Morgan fingerprint density at radius 2 is 1.34 bits per heavy atom. The molecule has 41 heavy (non-hydrogen) atoms. The summed E-state index contributed by atoms with van der Waals surface area (Å²) in [6, 6.07) is 0. The largest absolute Gasteiger partial charge is 0.462 e. The van der Waals surface area contributed by atoms with Crippen molar-refractivity contribution in [3.63, 3.8) is 0 Å². The van der Waals surface area contributed by atoms with Gasteiger partial charge in [0.05, 0.1) is 6.10 Å². The lowest BCUT2D eigenvalue weighted by Crippen LogP contribution is -2.54. The van der Waals surface area contributed by atoms with Crippen LogP contribution in [0.15, 0.2) is 11.6 Å². The molecule has 0 aromatic carbocycles. The smallest absolute Gasteiger partial charge is 0.306 e. The molecule has 4 aliphatic rings. The van der Waals surface area contributed by atoms with Crippen molar-refractivity contribution in [2.24, 2.45) is 28.6 Å². The van der Waals surface area contributed by atoms with Gasteiger partial charge in [0.2, 0.25) is 0 Å². The molecular formula is C37H62O4. The number of ether oxygens (including phenoxy) is 1. The van der Waals surface area contributed by atoms with Gasteiger partial charge in [0.15, 0.2) is 0 Å². The number of aliphatic hydroxyl groups is 1. The highest BCUT2D eigenvalue weighted by molar-refractivity contribution is 5.87. The van der Waals surface area contributed by atoms with Crippen LogP contribution in [0.5, 0.6) is 0 Å². The van der Waals surface area contributed by atoms with Gasteiger partial charge in [0.1, 0.15) is 11.9 Å². The number of hydrogen-bond donors (Lipinski definition) is 1. The number of rotatable bonds is 17. The lowest BCUT2D eigenvalue weighted by molar-refractivity contribution is -0.152. The Kier molecular flexibility index (Phi) is 12.4. The molecule has 4 rings (SSSR count). The quantitative estimate of drug-likeness (QED) is 0.107. The predicted octanol–water partition coefficient (Wildman–Crippen LogP) is 9.66. The molecule has 0 radical (unpaired) electrons. The first kappa shape index (κ1) is 32.7. The molecule has 3 fully saturated rings. The fourth-order valence-electron chi connectivity index (χ4n) is 9.37. The molecule has 0 aromatic rings. The molecule has 0 aliphatic heterocycles. The molecule has 4 heteroatoms. The van der Waals surface area contributed by atoms with Crippen LogP contribution in [0.2, 0.25) is 0 Å². The summed E-state index contributed by atoms with van der Waals surface area (Å²) >= 11 is 0. The zero-order valence-corrected chi connectivity index (χ0v) is 26.9. The molecule has 0 amide bonds. The van der Waals surface area contributed by atoms with Gasteiger partial charge in [-0.3, -0.25) is 9.59 Å². The number of carbonyl (C=O) groups excluding carboxylic acids is 2. The number of esters is 1. The molecular weight excluding hydrogens is 508 g/mol. The van der Waals surface area contributed by atoms with E-state index < -0.39 is 6.10 Å². The number of fused-ring (bicyclic) bond motifs is 5. The molecule has 3 saturated carbocycles. The van der Waals surface area contributed by atoms with Crippen LogP contribution in [-0.4, -0.2) is 29.1 Å². The first-order chi connectivity index (χ1) is 19.8. The van der Waals surface area contributed by atoms with Crippen molar-refractivity contribution in [1.29, 1.82) is 0 Å². The fraction of sp³-hybridized carbons (Fsp3) is 0.892. The van der Waals surface area contributed by atoms with Gasteiger partial charge in [-0.2, -0.15) is 0 Å². The van der Waals surface area contributed by atoms with Gasteiger partial charge in [0, 0.05) is 24.7 Å². The minimum Gasteiger partial charge on any atom is -0.462 e. The summed E-state index contributed by atoms with van der Waals surface area (Å²) in [4.78, 5) is 25.3.